The van der Waals surface area contributed by atoms with Crippen LogP contribution in [-0.2, 0) is 16.0 Å². The molecule has 0 N–H and O–H groups in total. The van der Waals surface area contributed by atoms with E-state index in [-0.39, 0.29) is 23.8 Å². The van der Waals surface area contributed by atoms with Crippen molar-refractivity contribution in [3.8, 4) is 11.5 Å². The second-order valence-corrected chi connectivity index (χ2v) is 7.12. The molecule has 0 radical (unpaired) electrons. The van der Waals surface area contributed by atoms with Crippen molar-refractivity contribution >= 4 is 11.8 Å². The molecule has 142 valence electrons. The summed E-state index contributed by atoms with van der Waals surface area (Å²) in [5, 5.41) is 0. The third-order valence-corrected chi connectivity index (χ3v) is 5.41. The van der Waals surface area contributed by atoms with E-state index in [1.165, 1.54) is 0 Å². The lowest BCUT2D eigenvalue weighted by Gasteiger charge is -2.35. The maximum atomic E-state index is 12.9. The lowest BCUT2D eigenvalue weighted by molar-refractivity contribution is -0.139. The summed E-state index contributed by atoms with van der Waals surface area (Å²) < 4.78 is 10.6. The number of fused-ring (bicyclic) bond motifs is 4. The first-order chi connectivity index (χ1) is 12.6. The first kappa shape index (κ1) is 18.5. The van der Waals surface area contributed by atoms with Gasteiger partial charge in [0.05, 0.1) is 26.6 Å². The molecule has 26 heavy (non-hydrogen) atoms. The van der Waals surface area contributed by atoms with Gasteiger partial charge in [-0.1, -0.05) is 13.0 Å². The molecule has 4 rings (SSSR count). The Balaban J connectivity index is 1.72. The molecule has 1 aromatic rings. The molecule has 6 nitrogen and oxygen atoms in total. The van der Waals surface area contributed by atoms with Gasteiger partial charge in [-0.15, -0.1) is 0 Å². The van der Waals surface area contributed by atoms with Crippen LogP contribution in [-0.4, -0.2) is 61.5 Å². The number of hydrogen-bond donors (Lipinski definition) is 0. The summed E-state index contributed by atoms with van der Waals surface area (Å²) in [6.07, 6.45) is 3.15. The van der Waals surface area contributed by atoms with E-state index in [1.807, 2.05) is 28.0 Å². The molecule has 0 spiro atoms. The van der Waals surface area contributed by atoms with Gasteiger partial charge in [0.15, 0.2) is 11.5 Å². The van der Waals surface area contributed by atoms with Crippen molar-refractivity contribution in [1.82, 2.24) is 9.80 Å². The zero-order chi connectivity index (χ0) is 18.7. The predicted molar refractivity (Wildman–Crippen MR) is 98.3 cm³/mol. The monoisotopic (exact) mass is 360 g/mol. The Bertz CT molecular complexity index is 676. The molecular weight excluding hydrogens is 332 g/mol. The molecule has 3 saturated heterocycles. The Morgan fingerprint density at radius 3 is 2.62 bits per heavy atom. The van der Waals surface area contributed by atoms with Crippen molar-refractivity contribution in [2.24, 2.45) is 5.92 Å². The van der Waals surface area contributed by atoms with Gasteiger partial charge in [-0.3, -0.25) is 9.59 Å². The summed E-state index contributed by atoms with van der Waals surface area (Å²) in [5.41, 5.74) is 0.890. The highest BCUT2D eigenvalue weighted by Crippen LogP contribution is 2.31. The van der Waals surface area contributed by atoms with E-state index in [9.17, 15) is 9.59 Å². The van der Waals surface area contributed by atoms with Gasteiger partial charge in [0.1, 0.15) is 0 Å². The van der Waals surface area contributed by atoms with Gasteiger partial charge in [-0.05, 0) is 37.0 Å². The van der Waals surface area contributed by atoms with Crippen LogP contribution in [0.1, 0.15) is 31.7 Å². The van der Waals surface area contributed by atoms with Crippen LogP contribution in [0.4, 0.5) is 0 Å². The average molecular weight is 360 g/mol. The fourth-order valence-corrected chi connectivity index (χ4v) is 4.06. The van der Waals surface area contributed by atoms with Gasteiger partial charge >= 0.3 is 0 Å². The van der Waals surface area contributed by atoms with Crippen molar-refractivity contribution in [2.75, 3.05) is 33.9 Å². The number of ether oxygens (including phenoxy) is 2. The molecule has 2 bridgehead atoms. The number of nitrogens with zero attached hydrogens (tertiary/aromatic N) is 2. The molecule has 3 heterocycles. The zero-order valence-electron chi connectivity index (χ0n) is 15.9. The van der Waals surface area contributed by atoms with E-state index < -0.39 is 0 Å². The van der Waals surface area contributed by atoms with E-state index in [0.29, 0.717) is 31.0 Å². The lowest BCUT2D eigenvalue weighted by atomic mass is 9.94. The molecule has 1 aromatic carbocycles. The summed E-state index contributed by atoms with van der Waals surface area (Å²) >= 11 is 0. The van der Waals surface area contributed by atoms with E-state index >= 15 is 0 Å². The molecule has 2 atom stereocenters. The minimum absolute atomic E-state index is 0.0466. The lowest BCUT2D eigenvalue weighted by Crippen LogP contribution is -2.48. The molecule has 0 aromatic heterocycles. The molecule has 3 aliphatic heterocycles. The molecule has 0 aliphatic carbocycles. The summed E-state index contributed by atoms with van der Waals surface area (Å²) in [4.78, 5) is 29.4. The molecular formula is C20H28N2O4. The van der Waals surface area contributed by atoms with E-state index in [0.717, 1.165) is 31.4 Å². The van der Waals surface area contributed by atoms with Gasteiger partial charge < -0.3 is 19.3 Å². The summed E-state index contributed by atoms with van der Waals surface area (Å²) in [7, 11) is 3.18. The van der Waals surface area contributed by atoms with Crippen molar-refractivity contribution in [3.63, 3.8) is 0 Å². The van der Waals surface area contributed by atoms with Crippen LogP contribution in [0, 0.1) is 5.92 Å². The SMILES string of the molecule is CCCN1C(=O)[C@@H]2CC[C@H]1CN(C(=O)Cc1ccc(OC)c(OC)c1)C2. The first-order valence-corrected chi connectivity index (χ1v) is 9.36. The quantitative estimate of drug-likeness (QED) is 0.780. The molecule has 6 heteroatoms. The zero-order valence-corrected chi connectivity index (χ0v) is 15.9. The van der Waals surface area contributed by atoms with Gasteiger partial charge in [-0.25, -0.2) is 0 Å². The maximum Gasteiger partial charge on any atom is 0.227 e. The Hall–Kier alpha value is -2.24. The summed E-state index contributed by atoms with van der Waals surface area (Å²) in [6, 6.07) is 5.72. The van der Waals surface area contributed by atoms with Crippen LogP contribution >= 0.6 is 0 Å². The highest BCUT2D eigenvalue weighted by molar-refractivity contribution is 5.84. The number of carbonyl (C=O) groups excluding carboxylic acids is 2. The molecule has 3 fully saturated rings. The third-order valence-electron chi connectivity index (χ3n) is 5.41. The minimum atomic E-state index is -0.0466. The van der Waals surface area contributed by atoms with Crippen LogP contribution in [0.5, 0.6) is 11.5 Å². The summed E-state index contributed by atoms with van der Waals surface area (Å²) in [5.74, 6) is 1.52. The largest absolute Gasteiger partial charge is 0.493 e. The van der Waals surface area contributed by atoms with Crippen molar-refractivity contribution in [2.45, 2.75) is 38.6 Å². The highest BCUT2D eigenvalue weighted by Gasteiger charge is 2.41. The topological polar surface area (TPSA) is 59.1 Å². The Morgan fingerprint density at radius 2 is 1.92 bits per heavy atom. The fraction of sp³-hybridized carbons (Fsp3) is 0.600. The van der Waals surface area contributed by atoms with Crippen molar-refractivity contribution in [3.05, 3.63) is 23.8 Å². The molecule has 3 aliphatic rings. The van der Waals surface area contributed by atoms with Crippen molar-refractivity contribution < 1.29 is 19.1 Å². The minimum Gasteiger partial charge on any atom is -0.493 e. The Labute approximate surface area is 155 Å². The maximum absolute atomic E-state index is 12.9. The van der Waals surface area contributed by atoms with Crippen LogP contribution in [0.3, 0.4) is 0 Å². The predicted octanol–water partition coefficient (Wildman–Crippen LogP) is 2.11. The number of rotatable bonds is 6. The number of piperidine rings is 1. The molecule has 0 unspecified atom stereocenters. The number of carbonyl (C=O) groups is 2. The first-order valence-electron chi connectivity index (χ1n) is 9.36. The fourth-order valence-electron chi connectivity index (χ4n) is 4.06. The van der Waals surface area contributed by atoms with Crippen LogP contribution in [0.25, 0.3) is 0 Å². The Morgan fingerprint density at radius 1 is 1.15 bits per heavy atom. The van der Waals surface area contributed by atoms with Gasteiger partial charge in [-0.2, -0.15) is 0 Å². The summed E-state index contributed by atoms with van der Waals surface area (Å²) in [6.45, 7) is 4.07. The van der Waals surface area contributed by atoms with E-state index in [1.54, 1.807) is 14.2 Å². The van der Waals surface area contributed by atoms with Gasteiger partial charge in [0.2, 0.25) is 11.8 Å². The van der Waals surface area contributed by atoms with Crippen LogP contribution in [0.2, 0.25) is 0 Å². The average Bonchev–Trinajstić information content (AvgIpc) is 2.94. The molecule has 2 amide bonds. The normalized spacial score (nSPS) is 22.3. The number of methoxy groups -OCH3 is 2. The smallest absolute Gasteiger partial charge is 0.227 e. The second kappa shape index (κ2) is 7.98. The highest BCUT2D eigenvalue weighted by atomic mass is 16.5. The number of amides is 2. The number of hydrogen-bond acceptors (Lipinski definition) is 4. The van der Waals surface area contributed by atoms with Gasteiger partial charge in [0.25, 0.3) is 0 Å². The molecule has 0 saturated carbocycles. The third kappa shape index (κ3) is 3.64. The van der Waals surface area contributed by atoms with E-state index in [4.69, 9.17) is 9.47 Å². The van der Waals surface area contributed by atoms with Gasteiger partial charge in [0, 0.05) is 25.7 Å². The Kier molecular flexibility index (Phi) is 5.69. The van der Waals surface area contributed by atoms with Crippen LogP contribution in [0.15, 0.2) is 18.2 Å². The number of benzene rings is 1. The van der Waals surface area contributed by atoms with Crippen LogP contribution < -0.4 is 9.47 Å². The second-order valence-electron chi connectivity index (χ2n) is 7.12. The van der Waals surface area contributed by atoms with E-state index in [2.05, 4.69) is 6.92 Å². The van der Waals surface area contributed by atoms with Crippen molar-refractivity contribution in [1.29, 1.82) is 0 Å². The standard InChI is InChI=1S/C20H28N2O4/c1-4-9-22-16-7-6-15(20(22)24)12-21(13-16)19(23)11-14-5-8-17(25-2)18(10-14)26-3/h5,8,10,15-16H,4,6-7,9,11-13H2,1-3H3/t15-,16+/m1/s1.